The van der Waals surface area contributed by atoms with Crippen LogP contribution in [0.2, 0.25) is 0 Å². The highest BCUT2D eigenvalue weighted by Gasteiger charge is 2.31. The summed E-state index contributed by atoms with van der Waals surface area (Å²) in [5.74, 6) is -0.855. The van der Waals surface area contributed by atoms with Crippen LogP contribution in [0.1, 0.15) is 19.4 Å². The van der Waals surface area contributed by atoms with Crippen molar-refractivity contribution in [3.63, 3.8) is 0 Å². The molecule has 1 aromatic carbocycles. The first-order chi connectivity index (χ1) is 11.0. The number of hydrogen-bond donors (Lipinski definition) is 0. The molecule has 1 aliphatic heterocycles. The summed E-state index contributed by atoms with van der Waals surface area (Å²) in [6.07, 6.45) is 1.56. The Morgan fingerprint density at radius 2 is 1.83 bits per heavy atom. The molecule has 3 atom stereocenters. The van der Waals surface area contributed by atoms with Crippen LogP contribution in [0.15, 0.2) is 42.5 Å². The maximum absolute atomic E-state index is 11.1. The molecule has 23 heavy (non-hydrogen) atoms. The van der Waals surface area contributed by atoms with Gasteiger partial charge in [0.2, 0.25) is 0 Å². The molecular formula is C17H20O6. The van der Waals surface area contributed by atoms with Crippen molar-refractivity contribution in [1.29, 1.82) is 0 Å². The summed E-state index contributed by atoms with van der Waals surface area (Å²) in [6, 6.07) is 9.68. The molecule has 124 valence electrons. The molecule has 0 radical (unpaired) electrons. The van der Waals surface area contributed by atoms with Gasteiger partial charge in [-0.15, -0.1) is 0 Å². The van der Waals surface area contributed by atoms with Gasteiger partial charge in [-0.05, 0) is 17.7 Å². The minimum Gasteiger partial charge on any atom is -0.463 e. The molecule has 0 saturated heterocycles. The Morgan fingerprint density at radius 3 is 2.48 bits per heavy atom. The van der Waals surface area contributed by atoms with Crippen LogP contribution in [0.4, 0.5) is 0 Å². The lowest BCUT2D eigenvalue weighted by Crippen LogP contribution is -2.42. The van der Waals surface area contributed by atoms with Crippen LogP contribution in [0, 0.1) is 0 Å². The predicted octanol–water partition coefficient (Wildman–Crippen LogP) is 1.98. The lowest BCUT2D eigenvalue weighted by molar-refractivity contribution is -0.200. The second-order valence-corrected chi connectivity index (χ2v) is 5.10. The Hall–Kier alpha value is -2.18. The van der Waals surface area contributed by atoms with Crippen LogP contribution in [0.5, 0.6) is 0 Å². The van der Waals surface area contributed by atoms with Gasteiger partial charge in [-0.2, -0.15) is 0 Å². The van der Waals surface area contributed by atoms with Crippen molar-refractivity contribution in [3.8, 4) is 0 Å². The van der Waals surface area contributed by atoms with Crippen LogP contribution in [0.3, 0.4) is 0 Å². The van der Waals surface area contributed by atoms with Crippen LogP contribution < -0.4 is 0 Å². The fourth-order valence-electron chi connectivity index (χ4n) is 2.11. The average Bonchev–Trinajstić information content (AvgIpc) is 2.53. The van der Waals surface area contributed by atoms with Gasteiger partial charge in [0.05, 0.1) is 6.61 Å². The van der Waals surface area contributed by atoms with Crippen molar-refractivity contribution in [2.45, 2.75) is 39.0 Å². The Bertz CT molecular complexity index is 553. The third-order valence-corrected chi connectivity index (χ3v) is 3.14. The summed E-state index contributed by atoms with van der Waals surface area (Å²) < 4.78 is 21.5. The molecule has 0 saturated carbocycles. The molecule has 0 bridgehead atoms. The SMILES string of the molecule is CC(=O)OC[C@H]1O[C@@H](OCc2ccccc2)C=C[C@@H]1OC(C)=O. The molecule has 0 spiro atoms. The Labute approximate surface area is 135 Å². The van der Waals surface area contributed by atoms with Crippen LogP contribution in [-0.2, 0) is 35.1 Å². The van der Waals surface area contributed by atoms with Gasteiger partial charge >= 0.3 is 11.9 Å². The number of hydrogen-bond acceptors (Lipinski definition) is 6. The third-order valence-electron chi connectivity index (χ3n) is 3.14. The van der Waals surface area contributed by atoms with E-state index in [2.05, 4.69) is 0 Å². The third kappa shape index (κ3) is 5.84. The number of benzene rings is 1. The Balaban J connectivity index is 1.94. The first-order valence-electron chi connectivity index (χ1n) is 7.34. The topological polar surface area (TPSA) is 71.1 Å². The van der Waals surface area contributed by atoms with E-state index in [1.165, 1.54) is 13.8 Å². The van der Waals surface area contributed by atoms with Crippen molar-refractivity contribution in [2.75, 3.05) is 6.61 Å². The molecule has 0 N–H and O–H groups in total. The first-order valence-corrected chi connectivity index (χ1v) is 7.34. The molecule has 1 heterocycles. The molecule has 0 aliphatic carbocycles. The van der Waals surface area contributed by atoms with E-state index < -0.39 is 30.4 Å². The molecule has 1 aliphatic rings. The number of carbonyl (C=O) groups is 2. The van der Waals surface area contributed by atoms with E-state index in [1.807, 2.05) is 30.3 Å². The maximum atomic E-state index is 11.1. The van der Waals surface area contributed by atoms with E-state index in [9.17, 15) is 9.59 Å². The van der Waals surface area contributed by atoms with Gasteiger partial charge in [0.1, 0.15) is 18.8 Å². The summed E-state index contributed by atoms with van der Waals surface area (Å²) in [6.45, 7) is 2.99. The predicted molar refractivity (Wildman–Crippen MR) is 81.2 cm³/mol. The smallest absolute Gasteiger partial charge is 0.303 e. The van der Waals surface area contributed by atoms with Crippen molar-refractivity contribution in [2.24, 2.45) is 0 Å². The Morgan fingerprint density at radius 1 is 1.09 bits per heavy atom. The molecule has 0 unspecified atom stereocenters. The normalized spacial score (nSPS) is 23.3. The number of rotatable bonds is 6. The highest BCUT2D eigenvalue weighted by Crippen LogP contribution is 2.19. The van der Waals surface area contributed by atoms with E-state index >= 15 is 0 Å². The summed E-state index contributed by atoms with van der Waals surface area (Å²) >= 11 is 0. The zero-order valence-electron chi connectivity index (χ0n) is 13.1. The van der Waals surface area contributed by atoms with Crippen LogP contribution in [0.25, 0.3) is 0 Å². The maximum Gasteiger partial charge on any atom is 0.303 e. The van der Waals surface area contributed by atoms with Crippen molar-refractivity contribution >= 4 is 11.9 Å². The minimum absolute atomic E-state index is 0.0111. The summed E-state index contributed by atoms with van der Waals surface area (Å²) in [7, 11) is 0. The quantitative estimate of drug-likeness (QED) is 0.589. The van der Waals surface area contributed by atoms with Crippen LogP contribution >= 0.6 is 0 Å². The van der Waals surface area contributed by atoms with Crippen LogP contribution in [-0.4, -0.2) is 37.0 Å². The minimum atomic E-state index is -0.608. The van der Waals surface area contributed by atoms with E-state index in [0.29, 0.717) is 6.61 Å². The monoisotopic (exact) mass is 320 g/mol. The highest BCUT2D eigenvalue weighted by molar-refractivity contribution is 5.66. The summed E-state index contributed by atoms with van der Waals surface area (Å²) in [5.41, 5.74) is 1.02. The molecule has 6 heteroatoms. The van der Waals surface area contributed by atoms with Crippen molar-refractivity contribution in [1.82, 2.24) is 0 Å². The lowest BCUT2D eigenvalue weighted by Gasteiger charge is -2.31. The van der Waals surface area contributed by atoms with E-state index in [0.717, 1.165) is 5.56 Å². The molecule has 0 aromatic heterocycles. The second kappa shape index (κ2) is 8.45. The van der Waals surface area contributed by atoms with Gasteiger partial charge in [0.15, 0.2) is 6.29 Å². The highest BCUT2D eigenvalue weighted by atomic mass is 16.7. The Kier molecular flexibility index (Phi) is 6.31. The second-order valence-electron chi connectivity index (χ2n) is 5.10. The number of esters is 2. The average molecular weight is 320 g/mol. The van der Waals surface area contributed by atoms with E-state index in [1.54, 1.807) is 12.2 Å². The summed E-state index contributed by atoms with van der Waals surface area (Å²) in [5, 5.41) is 0. The molecule has 2 rings (SSSR count). The zero-order valence-corrected chi connectivity index (χ0v) is 13.1. The van der Waals surface area contributed by atoms with E-state index in [-0.39, 0.29) is 6.61 Å². The van der Waals surface area contributed by atoms with E-state index in [4.69, 9.17) is 18.9 Å². The van der Waals surface area contributed by atoms with Gasteiger partial charge in [-0.3, -0.25) is 9.59 Å². The lowest BCUT2D eigenvalue weighted by atomic mass is 10.1. The zero-order chi connectivity index (χ0) is 16.7. The molecule has 6 nitrogen and oxygen atoms in total. The van der Waals surface area contributed by atoms with Crippen molar-refractivity contribution in [3.05, 3.63) is 48.0 Å². The van der Waals surface area contributed by atoms with Crippen molar-refractivity contribution < 1.29 is 28.5 Å². The fourth-order valence-corrected chi connectivity index (χ4v) is 2.11. The first kappa shape index (κ1) is 17.2. The molecule has 0 amide bonds. The van der Waals surface area contributed by atoms with Gasteiger partial charge in [-0.1, -0.05) is 30.3 Å². The largest absolute Gasteiger partial charge is 0.463 e. The van der Waals surface area contributed by atoms with Gasteiger partial charge in [0.25, 0.3) is 0 Å². The molecule has 1 aromatic rings. The fraction of sp³-hybridized carbons (Fsp3) is 0.412. The standard InChI is InChI=1S/C17H20O6/c1-12(18)20-11-16-15(22-13(2)19)8-9-17(23-16)21-10-14-6-4-3-5-7-14/h3-9,15-17H,10-11H2,1-2H3/t15-,16+,17+/m0/s1. The van der Waals surface area contributed by atoms with Gasteiger partial charge in [0, 0.05) is 13.8 Å². The van der Waals surface area contributed by atoms with Gasteiger partial charge < -0.3 is 18.9 Å². The molecule has 0 fully saturated rings. The number of carbonyl (C=O) groups excluding carboxylic acids is 2. The molecular weight excluding hydrogens is 300 g/mol. The number of ether oxygens (including phenoxy) is 4. The van der Waals surface area contributed by atoms with Gasteiger partial charge in [-0.25, -0.2) is 0 Å². The summed E-state index contributed by atoms with van der Waals surface area (Å²) in [4.78, 5) is 22.1.